The Morgan fingerprint density at radius 2 is 2.29 bits per heavy atom. The molecule has 0 bridgehead atoms. The molecule has 1 atom stereocenters. The van der Waals surface area contributed by atoms with Crippen LogP contribution in [0.1, 0.15) is 46.0 Å². The Hall–Kier alpha value is -0.613. The lowest BCUT2D eigenvalue weighted by Crippen LogP contribution is -2.35. The van der Waals surface area contributed by atoms with Crippen molar-refractivity contribution in [3.05, 3.63) is 11.6 Å². The first kappa shape index (κ1) is 14.4. The minimum Gasteiger partial charge on any atom is -0.462 e. The summed E-state index contributed by atoms with van der Waals surface area (Å²) in [6, 6.07) is 0. The number of carbonyl (C=O) groups excluding carboxylic acids is 1. The molecule has 1 aliphatic rings. The van der Waals surface area contributed by atoms with Crippen LogP contribution in [0.3, 0.4) is 0 Å². The minimum atomic E-state index is -0.192. The van der Waals surface area contributed by atoms with Crippen LogP contribution in [0.15, 0.2) is 11.6 Å². The van der Waals surface area contributed by atoms with Crippen molar-refractivity contribution < 1.29 is 14.3 Å². The fourth-order valence-electron chi connectivity index (χ4n) is 2.01. The average Bonchev–Trinajstić information content (AvgIpc) is 2.29. The summed E-state index contributed by atoms with van der Waals surface area (Å²) in [6.45, 7) is 5.25. The van der Waals surface area contributed by atoms with E-state index >= 15 is 0 Å². The minimum absolute atomic E-state index is 0.147. The molecule has 4 heteroatoms. The Labute approximate surface area is 107 Å². The third-order valence-electron chi connectivity index (χ3n) is 3.07. The quantitative estimate of drug-likeness (QED) is 0.324. The first-order chi connectivity index (χ1) is 8.07. The smallest absolute Gasteiger partial charge is 0.333 e. The van der Waals surface area contributed by atoms with E-state index in [1.54, 1.807) is 0 Å². The summed E-state index contributed by atoms with van der Waals surface area (Å²) in [5.41, 5.74) is 0.693. The van der Waals surface area contributed by atoms with Gasteiger partial charge in [0.1, 0.15) is 0 Å². The molecule has 1 heterocycles. The molecule has 0 aromatic heterocycles. The number of esters is 1. The summed E-state index contributed by atoms with van der Waals surface area (Å²) in [6.07, 6.45) is 7.33. The molecule has 1 saturated heterocycles. The predicted octanol–water partition coefficient (Wildman–Crippen LogP) is 1.54. The zero-order valence-corrected chi connectivity index (χ0v) is 13.3. The molecule has 0 aliphatic carbocycles. The molecule has 1 fully saturated rings. The molecule has 98 valence electrons. The van der Waals surface area contributed by atoms with Gasteiger partial charge in [-0.25, -0.2) is 4.79 Å². The second-order valence-corrected chi connectivity index (χ2v) is 6.63. The van der Waals surface area contributed by atoms with Crippen molar-refractivity contribution in [1.29, 1.82) is 0 Å². The molecule has 17 heavy (non-hydrogen) atoms. The highest BCUT2D eigenvalue weighted by atomic mass is 28.1. The van der Waals surface area contributed by atoms with Crippen LogP contribution in [-0.4, -0.2) is 34.6 Å². The zero-order valence-electron chi connectivity index (χ0n) is 11.3. The number of hydrogen-bond donors (Lipinski definition) is 0. The molecule has 0 N–H and O–H groups in total. The maximum absolute atomic E-state index is 11.7. The van der Waals surface area contributed by atoms with E-state index in [-0.39, 0.29) is 11.2 Å². The van der Waals surface area contributed by atoms with Crippen LogP contribution in [0.4, 0.5) is 0 Å². The molecule has 3 nitrogen and oxygen atoms in total. The largest absolute Gasteiger partial charge is 0.462 e. The van der Waals surface area contributed by atoms with Crippen molar-refractivity contribution in [3.8, 4) is 0 Å². The van der Waals surface area contributed by atoms with Gasteiger partial charge < -0.3 is 9.47 Å². The van der Waals surface area contributed by atoms with E-state index in [1.807, 2.05) is 13.0 Å². The molecular weight excluding hydrogens is 232 g/mol. The third kappa shape index (κ3) is 5.04. The summed E-state index contributed by atoms with van der Waals surface area (Å²) >= 11 is 0. The van der Waals surface area contributed by atoms with Crippen molar-refractivity contribution in [1.82, 2.24) is 0 Å². The van der Waals surface area contributed by atoms with Gasteiger partial charge in [0.05, 0.1) is 11.8 Å². The molecular formula is C13H24O3Si. The molecule has 0 spiro atoms. The maximum atomic E-state index is 11.7. The van der Waals surface area contributed by atoms with Gasteiger partial charge in [-0.15, -0.1) is 0 Å². The number of rotatable bonds is 5. The predicted molar refractivity (Wildman–Crippen MR) is 72.1 cm³/mol. The average molecular weight is 256 g/mol. The van der Waals surface area contributed by atoms with Gasteiger partial charge in [-0.05, 0) is 38.7 Å². The van der Waals surface area contributed by atoms with Gasteiger partial charge in [-0.3, -0.25) is 0 Å². The van der Waals surface area contributed by atoms with Gasteiger partial charge in [0.25, 0.3) is 0 Å². The molecule has 0 aromatic carbocycles. The summed E-state index contributed by atoms with van der Waals surface area (Å²) < 4.78 is 11.0. The Bertz CT molecular complexity index is 280. The summed E-state index contributed by atoms with van der Waals surface area (Å²) in [4.78, 5) is 11.7. The molecule has 0 radical (unpaired) electrons. The van der Waals surface area contributed by atoms with Crippen LogP contribution in [0.2, 0.25) is 0 Å². The first-order valence-electron chi connectivity index (χ1n) is 6.58. The van der Waals surface area contributed by atoms with Crippen LogP contribution < -0.4 is 0 Å². The van der Waals surface area contributed by atoms with E-state index in [2.05, 4.69) is 6.92 Å². The first-order valence-corrected chi connectivity index (χ1v) is 7.58. The Balaban J connectivity index is 2.48. The van der Waals surface area contributed by atoms with Gasteiger partial charge in [0.2, 0.25) is 0 Å². The van der Waals surface area contributed by atoms with Crippen molar-refractivity contribution >= 4 is 16.2 Å². The standard InChI is InChI=1S/C13H24O3Si/c1-3-4-8-15-12(14)11(2)10-13(17)7-5-6-9-16-13/h10H,3-9H2,1-2,17H3. The van der Waals surface area contributed by atoms with Crippen molar-refractivity contribution in [2.45, 2.75) is 51.2 Å². The van der Waals surface area contributed by atoms with E-state index in [1.165, 1.54) is 6.42 Å². The second-order valence-electron chi connectivity index (χ2n) is 4.94. The van der Waals surface area contributed by atoms with E-state index in [9.17, 15) is 4.79 Å². The van der Waals surface area contributed by atoms with Gasteiger partial charge in [0, 0.05) is 22.4 Å². The molecule has 1 rings (SSSR count). The van der Waals surface area contributed by atoms with Gasteiger partial charge >= 0.3 is 5.97 Å². The second kappa shape index (κ2) is 6.96. The van der Waals surface area contributed by atoms with Crippen LogP contribution in [0.5, 0.6) is 0 Å². The van der Waals surface area contributed by atoms with E-state index in [0.717, 1.165) is 42.5 Å². The maximum Gasteiger partial charge on any atom is 0.333 e. The molecule has 0 saturated carbocycles. The van der Waals surface area contributed by atoms with Crippen LogP contribution in [0, 0.1) is 0 Å². The topological polar surface area (TPSA) is 35.5 Å². The highest BCUT2D eigenvalue weighted by molar-refractivity contribution is 6.16. The summed E-state index contributed by atoms with van der Waals surface area (Å²) in [7, 11) is 0.923. The fraction of sp³-hybridized carbons (Fsp3) is 0.769. The van der Waals surface area contributed by atoms with E-state index in [4.69, 9.17) is 9.47 Å². The lowest BCUT2D eigenvalue weighted by atomic mass is 10.1. The number of ether oxygens (including phenoxy) is 2. The van der Waals surface area contributed by atoms with Crippen molar-refractivity contribution in [2.24, 2.45) is 0 Å². The molecule has 0 amide bonds. The number of carbonyl (C=O) groups is 1. The number of hydrogen-bond acceptors (Lipinski definition) is 3. The highest BCUT2D eigenvalue weighted by Gasteiger charge is 2.26. The molecule has 1 unspecified atom stereocenters. The molecule has 1 aliphatic heterocycles. The van der Waals surface area contributed by atoms with Crippen LogP contribution in [0.25, 0.3) is 0 Å². The fourth-order valence-corrected chi connectivity index (χ4v) is 3.00. The van der Waals surface area contributed by atoms with Crippen molar-refractivity contribution in [3.63, 3.8) is 0 Å². The van der Waals surface area contributed by atoms with Crippen LogP contribution >= 0.6 is 0 Å². The lowest BCUT2D eigenvalue weighted by Gasteiger charge is -2.31. The van der Waals surface area contributed by atoms with Crippen LogP contribution in [-0.2, 0) is 14.3 Å². The van der Waals surface area contributed by atoms with Crippen molar-refractivity contribution in [2.75, 3.05) is 13.2 Å². The number of unbranched alkanes of at least 4 members (excludes halogenated alkanes) is 1. The third-order valence-corrected chi connectivity index (χ3v) is 4.15. The van der Waals surface area contributed by atoms with Gasteiger partial charge in [0.15, 0.2) is 0 Å². The molecule has 0 aromatic rings. The normalized spacial score (nSPS) is 25.9. The van der Waals surface area contributed by atoms with Gasteiger partial charge in [-0.1, -0.05) is 13.3 Å². The SMILES string of the molecule is CCCCOC(=O)C(C)=CC1([SiH3])CCCCO1. The monoisotopic (exact) mass is 256 g/mol. The van der Waals surface area contributed by atoms with E-state index < -0.39 is 0 Å². The van der Waals surface area contributed by atoms with Gasteiger partial charge in [-0.2, -0.15) is 0 Å². The summed E-state index contributed by atoms with van der Waals surface area (Å²) in [5.74, 6) is -0.192. The Morgan fingerprint density at radius 3 is 2.88 bits per heavy atom. The van der Waals surface area contributed by atoms with E-state index in [0.29, 0.717) is 12.2 Å². The lowest BCUT2D eigenvalue weighted by molar-refractivity contribution is -0.139. The zero-order chi connectivity index (χ0) is 12.7. The summed E-state index contributed by atoms with van der Waals surface area (Å²) in [5, 5.41) is -0.147. The Morgan fingerprint density at radius 1 is 1.53 bits per heavy atom. The highest BCUT2D eigenvalue weighted by Crippen LogP contribution is 2.24. The Kier molecular flexibility index (Phi) is 5.92.